The monoisotopic (exact) mass is 319 g/mol. The Bertz CT molecular complexity index is 479. The number of phenolic OH excluding ortho intramolecular Hbond substituents is 1. The van der Waals surface area contributed by atoms with Crippen molar-refractivity contribution >= 4 is 0 Å². The van der Waals surface area contributed by atoms with Crippen LogP contribution in [0, 0.1) is 0 Å². The Morgan fingerprint density at radius 3 is 2.61 bits per heavy atom. The van der Waals surface area contributed by atoms with Crippen LogP contribution < -0.4 is 0 Å². The van der Waals surface area contributed by atoms with Crippen molar-refractivity contribution in [3.8, 4) is 5.75 Å². The highest BCUT2D eigenvalue weighted by molar-refractivity contribution is 5.27. The largest absolute Gasteiger partial charge is 0.508 e. The molecule has 0 bridgehead atoms. The van der Waals surface area contributed by atoms with E-state index in [2.05, 4.69) is 11.0 Å². The fourth-order valence-corrected chi connectivity index (χ4v) is 3.87. The van der Waals surface area contributed by atoms with Gasteiger partial charge in [0.15, 0.2) is 0 Å². The maximum absolute atomic E-state index is 9.78. The molecule has 1 saturated heterocycles. The van der Waals surface area contributed by atoms with Gasteiger partial charge in [-0.15, -0.1) is 0 Å². The number of rotatable bonds is 5. The van der Waals surface area contributed by atoms with E-state index in [1.165, 1.54) is 12.8 Å². The maximum atomic E-state index is 9.78. The molecule has 0 aromatic heterocycles. The van der Waals surface area contributed by atoms with Gasteiger partial charge in [-0.1, -0.05) is 12.1 Å². The van der Waals surface area contributed by atoms with E-state index in [4.69, 9.17) is 4.74 Å². The number of aliphatic hydroxyl groups is 1. The van der Waals surface area contributed by atoms with Crippen LogP contribution in [0.1, 0.15) is 50.5 Å². The van der Waals surface area contributed by atoms with Gasteiger partial charge in [-0.3, -0.25) is 4.90 Å². The second kappa shape index (κ2) is 8.13. The van der Waals surface area contributed by atoms with E-state index in [9.17, 15) is 10.2 Å². The molecule has 1 aliphatic carbocycles. The maximum Gasteiger partial charge on any atom is 0.115 e. The van der Waals surface area contributed by atoms with Crippen LogP contribution in [0.15, 0.2) is 24.3 Å². The summed E-state index contributed by atoms with van der Waals surface area (Å²) in [6, 6.07) is 8.06. The lowest BCUT2D eigenvalue weighted by molar-refractivity contribution is -0.0242. The number of hydrogen-bond acceptors (Lipinski definition) is 4. The van der Waals surface area contributed by atoms with Gasteiger partial charge < -0.3 is 14.9 Å². The molecule has 2 aliphatic rings. The van der Waals surface area contributed by atoms with Crippen molar-refractivity contribution in [2.24, 2.45) is 0 Å². The van der Waals surface area contributed by atoms with Crippen molar-refractivity contribution in [3.05, 3.63) is 29.8 Å². The second-order valence-corrected chi connectivity index (χ2v) is 7.05. The third-order valence-electron chi connectivity index (χ3n) is 5.19. The summed E-state index contributed by atoms with van der Waals surface area (Å²) in [6.45, 7) is 2.68. The summed E-state index contributed by atoms with van der Waals surface area (Å²) in [5.74, 6) is 0.329. The molecule has 4 heteroatoms. The van der Waals surface area contributed by atoms with E-state index >= 15 is 0 Å². The predicted octanol–water partition coefficient (Wildman–Crippen LogP) is 3.07. The van der Waals surface area contributed by atoms with Gasteiger partial charge in [0.05, 0.1) is 12.2 Å². The van der Waals surface area contributed by atoms with E-state index in [-0.39, 0.29) is 6.10 Å². The van der Waals surface area contributed by atoms with Crippen molar-refractivity contribution in [1.29, 1.82) is 0 Å². The lowest BCUT2D eigenvalue weighted by Gasteiger charge is -2.38. The van der Waals surface area contributed by atoms with Gasteiger partial charge in [-0.2, -0.15) is 0 Å². The Hall–Kier alpha value is -1.10. The topological polar surface area (TPSA) is 52.9 Å². The smallest absolute Gasteiger partial charge is 0.115 e. The fraction of sp³-hybridized carbons (Fsp3) is 0.684. The van der Waals surface area contributed by atoms with Crippen molar-refractivity contribution in [1.82, 2.24) is 4.90 Å². The van der Waals surface area contributed by atoms with E-state index in [1.54, 1.807) is 6.07 Å². The molecule has 1 atom stereocenters. The molecule has 1 aromatic rings. The molecule has 128 valence electrons. The summed E-state index contributed by atoms with van der Waals surface area (Å²) < 4.78 is 5.94. The predicted molar refractivity (Wildman–Crippen MR) is 90.4 cm³/mol. The van der Waals surface area contributed by atoms with Crippen LogP contribution in [0.2, 0.25) is 0 Å². The number of nitrogens with zero attached hydrogens (tertiary/aromatic N) is 1. The van der Waals surface area contributed by atoms with Crippen LogP contribution in [0.4, 0.5) is 0 Å². The normalized spacial score (nSPS) is 28.9. The van der Waals surface area contributed by atoms with Crippen molar-refractivity contribution in [2.75, 3.05) is 13.2 Å². The lowest BCUT2D eigenvalue weighted by atomic mass is 9.91. The number of benzene rings is 1. The second-order valence-electron chi connectivity index (χ2n) is 7.05. The highest BCUT2D eigenvalue weighted by atomic mass is 16.5. The highest BCUT2D eigenvalue weighted by Gasteiger charge is 2.27. The third kappa shape index (κ3) is 4.93. The van der Waals surface area contributed by atoms with Gasteiger partial charge in [-0.25, -0.2) is 0 Å². The molecule has 2 N–H and O–H groups in total. The Kier molecular flexibility index (Phi) is 5.92. The van der Waals surface area contributed by atoms with Crippen molar-refractivity contribution < 1.29 is 14.9 Å². The molecule has 2 fully saturated rings. The number of aromatic hydroxyl groups is 1. The van der Waals surface area contributed by atoms with Gasteiger partial charge >= 0.3 is 0 Å². The molecule has 0 spiro atoms. The minimum Gasteiger partial charge on any atom is -0.508 e. The number of hydrogen-bond donors (Lipinski definition) is 2. The first-order valence-electron chi connectivity index (χ1n) is 9.02. The van der Waals surface area contributed by atoms with Crippen LogP contribution in [0.25, 0.3) is 0 Å². The number of phenols is 1. The average molecular weight is 319 g/mol. The van der Waals surface area contributed by atoms with Crippen LogP contribution in [0.3, 0.4) is 0 Å². The molecule has 1 unspecified atom stereocenters. The molecule has 1 saturated carbocycles. The van der Waals surface area contributed by atoms with Crippen molar-refractivity contribution in [2.45, 2.75) is 69.7 Å². The highest BCUT2D eigenvalue weighted by Crippen LogP contribution is 2.27. The Balaban J connectivity index is 1.66. The summed E-state index contributed by atoms with van der Waals surface area (Å²) >= 11 is 0. The summed E-state index contributed by atoms with van der Waals surface area (Å²) in [4.78, 5) is 2.51. The molecule has 23 heavy (non-hydrogen) atoms. The molecule has 1 aromatic carbocycles. The van der Waals surface area contributed by atoms with Crippen LogP contribution in [-0.2, 0) is 11.3 Å². The summed E-state index contributed by atoms with van der Waals surface area (Å²) in [7, 11) is 0. The van der Waals surface area contributed by atoms with E-state index in [1.807, 2.05) is 12.1 Å². The number of ether oxygens (including phenoxy) is 1. The summed E-state index contributed by atoms with van der Waals surface area (Å²) in [5.41, 5.74) is 1.15. The first-order chi connectivity index (χ1) is 11.2. The molecule has 1 aliphatic heterocycles. The molecule has 3 rings (SSSR count). The van der Waals surface area contributed by atoms with Gasteiger partial charge in [0.1, 0.15) is 5.75 Å². The third-order valence-corrected chi connectivity index (χ3v) is 5.19. The quantitative estimate of drug-likeness (QED) is 0.876. The summed E-state index contributed by atoms with van der Waals surface area (Å²) in [5, 5.41) is 19.5. The number of aliphatic hydroxyl groups excluding tert-OH is 1. The molecule has 0 radical (unpaired) electrons. The van der Waals surface area contributed by atoms with Crippen LogP contribution >= 0.6 is 0 Å². The zero-order valence-corrected chi connectivity index (χ0v) is 13.9. The Morgan fingerprint density at radius 2 is 1.91 bits per heavy atom. The lowest BCUT2D eigenvalue weighted by Crippen LogP contribution is -2.44. The Labute approximate surface area is 139 Å². The summed E-state index contributed by atoms with van der Waals surface area (Å²) in [6.07, 6.45) is 7.67. The minimum absolute atomic E-state index is 0.125. The van der Waals surface area contributed by atoms with E-state index < -0.39 is 0 Å². The fourth-order valence-electron chi connectivity index (χ4n) is 3.87. The Morgan fingerprint density at radius 1 is 1.09 bits per heavy atom. The zero-order chi connectivity index (χ0) is 16.1. The average Bonchev–Trinajstić information content (AvgIpc) is 2.56. The van der Waals surface area contributed by atoms with Crippen LogP contribution in [0.5, 0.6) is 5.75 Å². The van der Waals surface area contributed by atoms with E-state index in [0.717, 1.165) is 57.4 Å². The van der Waals surface area contributed by atoms with Gasteiger partial charge in [0, 0.05) is 25.7 Å². The first-order valence-corrected chi connectivity index (χ1v) is 9.02. The SMILES string of the molecule is Oc1cccc(CN(CC2CCCCO2)C2CCC(O)CC2)c1. The molecule has 4 nitrogen and oxygen atoms in total. The standard InChI is InChI=1S/C19H29NO3/c21-17-9-7-16(8-10-17)20(14-19-6-1-2-11-23-19)13-15-4-3-5-18(22)12-15/h3-5,12,16-17,19,21-22H,1-2,6-11,13-14H2. The van der Waals surface area contributed by atoms with Gasteiger partial charge in [-0.05, 0) is 62.6 Å². The van der Waals surface area contributed by atoms with Crippen molar-refractivity contribution in [3.63, 3.8) is 0 Å². The van der Waals surface area contributed by atoms with Gasteiger partial charge in [0.2, 0.25) is 0 Å². The van der Waals surface area contributed by atoms with Crippen LogP contribution in [-0.4, -0.2) is 46.5 Å². The first kappa shape index (κ1) is 16.7. The van der Waals surface area contributed by atoms with E-state index in [0.29, 0.717) is 17.9 Å². The molecular weight excluding hydrogens is 290 g/mol. The minimum atomic E-state index is -0.125. The van der Waals surface area contributed by atoms with Gasteiger partial charge in [0.25, 0.3) is 0 Å². The molecule has 1 heterocycles. The molecule has 0 amide bonds. The molecular formula is C19H29NO3. The zero-order valence-electron chi connectivity index (χ0n) is 13.9.